The summed E-state index contributed by atoms with van der Waals surface area (Å²) < 4.78 is 0. The lowest BCUT2D eigenvalue weighted by molar-refractivity contribution is 0.213. The van der Waals surface area contributed by atoms with Crippen LogP contribution in [-0.2, 0) is 0 Å². The van der Waals surface area contributed by atoms with E-state index in [0.717, 1.165) is 18.0 Å². The average Bonchev–Trinajstić information content (AvgIpc) is 2.69. The van der Waals surface area contributed by atoms with Gasteiger partial charge in [-0.3, -0.25) is 4.90 Å². The van der Waals surface area contributed by atoms with E-state index in [1.165, 1.54) is 51.7 Å². The zero-order chi connectivity index (χ0) is 10.7. The van der Waals surface area contributed by atoms with E-state index in [-0.39, 0.29) is 0 Å². The summed E-state index contributed by atoms with van der Waals surface area (Å²) in [4.78, 5) is 2.75. The molecule has 88 valence electrons. The fourth-order valence-electron chi connectivity index (χ4n) is 3.36. The van der Waals surface area contributed by atoms with Crippen molar-refractivity contribution in [1.82, 2.24) is 10.2 Å². The Hall–Kier alpha value is -0.0800. The first-order chi connectivity index (χ1) is 7.35. The highest BCUT2D eigenvalue weighted by Crippen LogP contribution is 2.28. The molecular weight excluding hydrogens is 184 g/mol. The van der Waals surface area contributed by atoms with Crippen LogP contribution in [0.25, 0.3) is 0 Å². The number of nitrogens with zero attached hydrogens (tertiary/aromatic N) is 1. The second-order valence-corrected chi connectivity index (χ2v) is 5.27. The second kappa shape index (κ2) is 5.31. The molecule has 0 bridgehead atoms. The maximum atomic E-state index is 3.69. The third-order valence-corrected chi connectivity index (χ3v) is 4.24. The molecule has 1 unspecified atom stereocenters. The summed E-state index contributed by atoms with van der Waals surface area (Å²) in [5.74, 6) is 0.949. The van der Waals surface area contributed by atoms with Crippen LogP contribution < -0.4 is 5.32 Å². The number of hydrogen-bond acceptors (Lipinski definition) is 2. The van der Waals surface area contributed by atoms with Gasteiger partial charge >= 0.3 is 0 Å². The van der Waals surface area contributed by atoms with Crippen LogP contribution in [0.3, 0.4) is 0 Å². The average molecular weight is 210 g/mol. The zero-order valence-corrected chi connectivity index (χ0v) is 10.3. The highest BCUT2D eigenvalue weighted by Gasteiger charge is 2.36. The van der Waals surface area contributed by atoms with Crippen molar-refractivity contribution in [3.8, 4) is 0 Å². The number of fused-ring (bicyclic) bond motifs is 1. The normalized spacial score (nSPS) is 34.0. The van der Waals surface area contributed by atoms with Gasteiger partial charge in [0.1, 0.15) is 0 Å². The van der Waals surface area contributed by atoms with E-state index in [4.69, 9.17) is 0 Å². The van der Waals surface area contributed by atoms with Crippen molar-refractivity contribution >= 4 is 0 Å². The third-order valence-electron chi connectivity index (χ3n) is 4.24. The van der Waals surface area contributed by atoms with Crippen LogP contribution in [0.15, 0.2) is 0 Å². The Labute approximate surface area is 94.4 Å². The molecule has 2 rings (SSSR count). The summed E-state index contributed by atoms with van der Waals surface area (Å²) in [7, 11) is 0. The van der Waals surface area contributed by atoms with Gasteiger partial charge in [-0.15, -0.1) is 0 Å². The van der Waals surface area contributed by atoms with Gasteiger partial charge in [0.15, 0.2) is 0 Å². The van der Waals surface area contributed by atoms with E-state index in [0.29, 0.717) is 0 Å². The smallest absolute Gasteiger partial charge is 0.0235 e. The molecule has 0 radical (unpaired) electrons. The zero-order valence-electron chi connectivity index (χ0n) is 10.3. The molecular formula is C13H26N2. The maximum absolute atomic E-state index is 3.69. The van der Waals surface area contributed by atoms with Gasteiger partial charge < -0.3 is 5.32 Å². The molecule has 2 heterocycles. The molecule has 0 aromatic heterocycles. The van der Waals surface area contributed by atoms with Gasteiger partial charge in [-0.05, 0) is 38.1 Å². The van der Waals surface area contributed by atoms with Crippen molar-refractivity contribution in [2.75, 3.05) is 19.6 Å². The van der Waals surface area contributed by atoms with Crippen molar-refractivity contribution in [3.05, 3.63) is 0 Å². The maximum Gasteiger partial charge on any atom is 0.0235 e. The Bertz CT molecular complexity index is 179. The minimum absolute atomic E-state index is 0.810. The molecule has 3 atom stereocenters. The number of nitrogens with one attached hydrogen (secondary N) is 1. The molecule has 0 saturated carbocycles. The summed E-state index contributed by atoms with van der Waals surface area (Å²) in [6, 6.07) is 1.66. The van der Waals surface area contributed by atoms with Crippen molar-refractivity contribution in [3.63, 3.8) is 0 Å². The first kappa shape index (κ1) is 11.4. The molecule has 0 aromatic rings. The number of hydrogen-bond donors (Lipinski definition) is 1. The second-order valence-electron chi connectivity index (χ2n) is 5.27. The van der Waals surface area contributed by atoms with Gasteiger partial charge in [-0.2, -0.15) is 0 Å². The van der Waals surface area contributed by atoms with Crippen LogP contribution >= 0.6 is 0 Å². The largest absolute Gasteiger partial charge is 0.312 e. The van der Waals surface area contributed by atoms with Crippen molar-refractivity contribution in [2.24, 2.45) is 5.92 Å². The summed E-state index contributed by atoms with van der Waals surface area (Å²) in [5, 5.41) is 3.69. The molecule has 2 fully saturated rings. The van der Waals surface area contributed by atoms with Crippen LogP contribution in [0, 0.1) is 5.92 Å². The number of piperidine rings is 1. The first-order valence-corrected chi connectivity index (χ1v) is 6.82. The van der Waals surface area contributed by atoms with Gasteiger partial charge in [0.25, 0.3) is 0 Å². The van der Waals surface area contributed by atoms with Crippen molar-refractivity contribution in [1.29, 1.82) is 0 Å². The quantitative estimate of drug-likeness (QED) is 0.765. The molecule has 2 aliphatic heterocycles. The molecule has 2 saturated heterocycles. The highest BCUT2D eigenvalue weighted by molar-refractivity contribution is 4.93. The van der Waals surface area contributed by atoms with Gasteiger partial charge in [0.05, 0.1) is 0 Å². The highest BCUT2D eigenvalue weighted by atomic mass is 15.2. The monoisotopic (exact) mass is 210 g/mol. The molecule has 0 spiro atoms. The molecule has 0 aromatic carbocycles. The summed E-state index contributed by atoms with van der Waals surface area (Å²) in [6.45, 7) is 8.57. The van der Waals surface area contributed by atoms with Gasteiger partial charge in [-0.1, -0.05) is 20.3 Å². The number of rotatable bonds is 4. The van der Waals surface area contributed by atoms with E-state index in [1.807, 2.05) is 0 Å². The third kappa shape index (κ3) is 2.54. The fraction of sp³-hybridized carbons (Fsp3) is 1.00. The van der Waals surface area contributed by atoms with Gasteiger partial charge in [0.2, 0.25) is 0 Å². The lowest BCUT2D eigenvalue weighted by Crippen LogP contribution is -2.41. The molecule has 2 heteroatoms. The minimum atomic E-state index is 0.810. The number of likely N-dealkylation sites (tertiary alicyclic amines) is 1. The van der Waals surface area contributed by atoms with E-state index in [2.05, 4.69) is 24.1 Å². The predicted molar refractivity (Wildman–Crippen MR) is 65.1 cm³/mol. The van der Waals surface area contributed by atoms with Crippen LogP contribution in [0.4, 0.5) is 0 Å². The Morgan fingerprint density at radius 1 is 1.33 bits per heavy atom. The molecule has 15 heavy (non-hydrogen) atoms. The Kier molecular flexibility index (Phi) is 4.04. The first-order valence-electron chi connectivity index (χ1n) is 6.82. The molecule has 0 aliphatic carbocycles. The Morgan fingerprint density at radius 2 is 2.20 bits per heavy atom. The Morgan fingerprint density at radius 3 is 2.87 bits per heavy atom. The standard InChI is InChI=1S/C13H26N2/c1-3-6-12(4-2)15-9-11-7-5-8-14-13(11)10-15/h11-14H,3-10H2,1-2H3/t11-,12?,13+/m0/s1. The van der Waals surface area contributed by atoms with Gasteiger partial charge in [-0.25, -0.2) is 0 Å². The molecule has 2 aliphatic rings. The van der Waals surface area contributed by atoms with E-state index in [9.17, 15) is 0 Å². The van der Waals surface area contributed by atoms with E-state index >= 15 is 0 Å². The summed E-state index contributed by atoms with van der Waals surface area (Å²) in [6.07, 6.45) is 6.89. The lowest BCUT2D eigenvalue weighted by Gasteiger charge is -2.26. The van der Waals surface area contributed by atoms with Crippen LogP contribution in [0.5, 0.6) is 0 Å². The van der Waals surface area contributed by atoms with Gasteiger partial charge in [0, 0.05) is 25.2 Å². The van der Waals surface area contributed by atoms with Crippen LogP contribution in [0.1, 0.15) is 46.0 Å². The summed E-state index contributed by atoms with van der Waals surface area (Å²) in [5.41, 5.74) is 0. The van der Waals surface area contributed by atoms with Crippen LogP contribution in [-0.4, -0.2) is 36.6 Å². The molecule has 0 amide bonds. The topological polar surface area (TPSA) is 15.3 Å². The lowest BCUT2D eigenvalue weighted by atomic mass is 9.94. The SMILES string of the molecule is CCCC(CC)N1C[C@@H]2CCCN[C@@H]2C1. The van der Waals surface area contributed by atoms with Crippen LogP contribution in [0.2, 0.25) is 0 Å². The summed E-state index contributed by atoms with van der Waals surface area (Å²) >= 11 is 0. The Balaban J connectivity index is 1.89. The van der Waals surface area contributed by atoms with E-state index in [1.54, 1.807) is 0 Å². The predicted octanol–water partition coefficient (Wildman–Crippen LogP) is 2.25. The van der Waals surface area contributed by atoms with E-state index < -0.39 is 0 Å². The van der Waals surface area contributed by atoms with Crippen molar-refractivity contribution < 1.29 is 0 Å². The van der Waals surface area contributed by atoms with Crippen molar-refractivity contribution in [2.45, 2.75) is 58.0 Å². The molecule has 1 N–H and O–H groups in total. The minimum Gasteiger partial charge on any atom is -0.312 e. The fourth-order valence-corrected chi connectivity index (χ4v) is 3.36. The molecule has 2 nitrogen and oxygen atoms in total.